The first-order valence-electron chi connectivity index (χ1n) is 12.7. The molecule has 3 unspecified atom stereocenters. The van der Waals surface area contributed by atoms with Crippen LogP contribution in [-0.4, -0.2) is 89.6 Å². The molecule has 2 aliphatic rings. The molecule has 0 aliphatic carbocycles. The van der Waals surface area contributed by atoms with Gasteiger partial charge in [-0.1, -0.05) is 6.92 Å². The number of aromatic nitrogens is 5. The summed E-state index contributed by atoms with van der Waals surface area (Å²) in [5.41, 5.74) is 10.3. The van der Waals surface area contributed by atoms with E-state index in [1.165, 1.54) is 6.21 Å². The van der Waals surface area contributed by atoms with Gasteiger partial charge in [0.1, 0.15) is 36.6 Å². The molecule has 19 heteroatoms. The molecule has 8 atom stereocenters. The lowest BCUT2D eigenvalue weighted by Crippen LogP contribution is -2.29. The van der Waals surface area contributed by atoms with Gasteiger partial charge in [-0.3, -0.25) is 28.4 Å². The van der Waals surface area contributed by atoms with Gasteiger partial charge in [-0.05, 0) is 19.3 Å². The van der Waals surface area contributed by atoms with Gasteiger partial charge in [0, 0.05) is 19.1 Å². The molecule has 4 heterocycles. The van der Waals surface area contributed by atoms with Crippen molar-refractivity contribution < 1.29 is 38.2 Å². The molecule has 2 aromatic heterocycles. The maximum atomic E-state index is 12.7. The van der Waals surface area contributed by atoms with E-state index in [2.05, 4.69) is 24.9 Å². The summed E-state index contributed by atoms with van der Waals surface area (Å²) in [6.07, 6.45) is -2.71. The van der Waals surface area contributed by atoms with E-state index < -0.39 is 69.0 Å². The number of aromatic amines is 1. The number of aliphatic imine (C=N–C) groups is 1. The predicted molar refractivity (Wildman–Crippen MR) is 142 cm³/mol. The normalized spacial score (nSPS) is 28.7. The Hall–Kier alpha value is -3.09. The molecule has 0 radical (unpaired) electrons. The Bertz CT molecular complexity index is 1420. The summed E-state index contributed by atoms with van der Waals surface area (Å²) in [5.74, 6) is -0.533. The molecule has 0 bridgehead atoms. The second-order valence-electron chi connectivity index (χ2n) is 9.69. The van der Waals surface area contributed by atoms with Crippen LogP contribution in [0.3, 0.4) is 0 Å². The van der Waals surface area contributed by atoms with Crippen molar-refractivity contribution in [3.8, 4) is 0 Å². The Morgan fingerprint density at radius 3 is 2.73 bits per heavy atom. The molecule has 0 amide bonds. The minimum absolute atomic E-state index is 0.0547. The SMILES string of the molecule is C/C=N\c1c(C[C@H](C)[C@H]2CC(O)[C@@H](COP(=O)(O)OC3C[C@H](n4cnc(N)nc4=O)O[C@@H]3CO)O2)nc(N)[nH]c1=O. The van der Waals surface area contributed by atoms with E-state index in [4.69, 9.17) is 30.0 Å². The highest BCUT2D eigenvalue weighted by atomic mass is 31.2. The van der Waals surface area contributed by atoms with Gasteiger partial charge in [0.25, 0.3) is 5.56 Å². The average Bonchev–Trinajstić information content (AvgIpc) is 3.47. The van der Waals surface area contributed by atoms with Crippen LogP contribution in [0.1, 0.15) is 38.6 Å². The molecule has 18 nitrogen and oxygen atoms in total. The quantitative estimate of drug-likeness (QED) is 0.130. The largest absolute Gasteiger partial charge is 0.472 e. The number of H-pyrrole nitrogens is 1. The number of ether oxygens (including phenoxy) is 2. The number of nitrogen functional groups attached to an aromatic ring is 2. The van der Waals surface area contributed by atoms with E-state index in [-0.39, 0.29) is 42.8 Å². The van der Waals surface area contributed by atoms with Crippen LogP contribution < -0.4 is 22.7 Å². The van der Waals surface area contributed by atoms with Gasteiger partial charge in [-0.15, -0.1) is 0 Å². The van der Waals surface area contributed by atoms with Crippen molar-refractivity contribution in [2.75, 3.05) is 24.7 Å². The van der Waals surface area contributed by atoms with E-state index in [0.29, 0.717) is 5.69 Å². The minimum atomic E-state index is -4.73. The molecule has 2 aliphatic heterocycles. The van der Waals surface area contributed by atoms with Crippen LogP contribution >= 0.6 is 7.82 Å². The Labute approximate surface area is 233 Å². The summed E-state index contributed by atoms with van der Waals surface area (Å²) in [6.45, 7) is 2.44. The lowest BCUT2D eigenvalue weighted by molar-refractivity contribution is -0.0539. The second-order valence-corrected chi connectivity index (χ2v) is 11.1. The predicted octanol–water partition coefficient (Wildman–Crippen LogP) is -1.21. The van der Waals surface area contributed by atoms with Gasteiger partial charge >= 0.3 is 13.5 Å². The Balaban J connectivity index is 1.34. The molecule has 4 rings (SSSR count). The Morgan fingerprint density at radius 2 is 2.05 bits per heavy atom. The highest BCUT2D eigenvalue weighted by Gasteiger charge is 2.43. The van der Waals surface area contributed by atoms with Crippen molar-refractivity contribution >= 4 is 31.6 Å². The van der Waals surface area contributed by atoms with Gasteiger partial charge in [0.05, 0.1) is 31.1 Å². The summed E-state index contributed by atoms with van der Waals surface area (Å²) in [6, 6.07) is 0. The number of aliphatic hydroxyl groups excluding tert-OH is 2. The van der Waals surface area contributed by atoms with Crippen LogP contribution in [0.2, 0.25) is 0 Å². The molecular formula is C22H33N8O10P. The molecule has 2 fully saturated rings. The van der Waals surface area contributed by atoms with Crippen LogP contribution in [-0.2, 0) is 29.5 Å². The van der Waals surface area contributed by atoms with Crippen molar-refractivity contribution in [3.63, 3.8) is 0 Å². The standard InChI is InChI=1S/C22H33N8O10P/c1-3-25-18-11(27-21(24)28-19(18)33)4-10(2)13-5-12(32)16(38-13)8-37-41(35,36)40-14-6-17(39-15(14)7-31)30-9-26-20(23)29-22(30)34/h3,9-10,12-17,31-32H,4-8H2,1-2H3,(H,35,36)(H2,23,29,34)(H3,24,27,28,33)/b25-3-/t10-,12?,13+,14?,15+,16+,17+/m0/s1. The summed E-state index contributed by atoms with van der Waals surface area (Å²) < 4.78 is 35.6. The topological polar surface area (TPSA) is 273 Å². The van der Waals surface area contributed by atoms with Crippen LogP contribution in [0.4, 0.5) is 17.6 Å². The number of phosphoric acid groups is 1. The third-order valence-corrected chi connectivity index (χ3v) is 7.75. The monoisotopic (exact) mass is 600 g/mol. The van der Waals surface area contributed by atoms with E-state index in [1.807, 2.05) is 6.92 Å². The zero-order valence-electron chi connectivity index (χ0n) is 22.3. The van der Waals surface area contributed by atoms with Gasteiger partial charge in [0.15, 0.2) is 0 Å². The zero-order chi connectivity index (χ0) is 29.9. The average molecular weight is 601 g/mol. The summed E-state index contributed by atoms with van der Waals surface area (Å²) in [4.78, 5) is 52.6. The van der Waals surface area contributed by atoms with Gasteiger partial charge in [0.2, 0.25) is 11.9 Å². The maximum Gasteiger partial charge on any atom is 0.472 e. The molecule has 2 saturated heterocycles. The molecule has 0 spiro atoms. The van der Waals surface area contributed by atoms with Crippen molar-refractivity contribution in [3.05, 3.63) is 32.9 Å². The Morgan fingerprint density at radius 1 is 1.29 bits per heavy atom. The molecule has 226 valence electrons. The van der Waals surface area contributed by atoms with E-state index in [1.54, 1.807) is 6.92 Å². The van der Waals surface area contributed by atoms with Crippen molar-refractivity contribution in [2.45, 2.75) is 69.9 Å². The minimum Gasteiger partial charge on any atom is -0.394 e. The van der Waals surface area contributed by atoms with Gasteiger partial charge in [-0.2, -0.15) is 4.98 Å². The maximum absolute atomic E-state index is 12.7. The summed E-state index contributed by atoms with van der Waals surface area (Å²) in [7, 11) is -4.73. The second kappa shape index (κ2) is 12.8. The number of anilines is 2. The van der Waals surface area contributed by atoms with Gasteiger partial charge < -0.3 is 36.0 Å². The Kier molecular flexibility index (Phi) is 9.66. The van der Waals surface area contributed by atoms with Crippen LogP contribution in [0, 0.1) is 5.92 Å². The lowest BCUT2D eigenvalue weighted by Gasteiger charge is -2.22. The van der Waals surface area contributed by atoms with Crippen LogP contribution in [0.15, 0.2) is 20.9 Å². The van der Waals surface area contributed by atoms with Crippen LogP contribution in [0.5, 0.6) is 0 Å². The number of nitrogens with two attached hydrogens (primary N) is 2. The van der Waals surface area contributed by atoms with E-state index in [0.717, 1.165) is 10.9 Å². The fourth-order valence-corrected chi connectivity index (χ4v) is 5.68. The van der Waals surface area contributed by atoms with E-state index >= 15 is 0 Å². The van der Waals surface area contributed by atoms with Crippen molar-refractivity contribution in [2.24, 2.45) is 10.9 Å². The van der Waals surface area contributed by atoms with Gasteiger partial charge in [-0.25, -0.2) is 19.3 Å². The zero-order valence-corrected chi connectivity index (χ0v) is 23.2. The first kappa shape index (κ1) is 30.9. The molecule has 0 aromatic carbocycles. The fourth-order valence-electron chi connectivity index (χ4n) is 4.72. The number of hydrogen-bond donors (Lipinski definition) is 6. The van der Waals surface area contributed by atoms with Crippen LogP contribution in [0.25, 0.3) is 0 Å². The number of rotatable bonds is 11. The van der Waals surface area contributed by atoms with Crippen molar-refractivity contribution in [1.82, 2.24) is 24.5 Å². The fraction of sp³-hybridized carbons (Fsp3) is 0.636. The summed E-state index contributed by atoms with van der Waals surface area (Å²) in [5, 5.41) is 20.2. The van der Waals surface area contributed by atoms with Crippen molar-refractivity contribution in [1.29, 1.82) is 0 Å². The lowest BCUT2D eigenvalue weighted by atomic mass is 9.95. The number of nitrogens with zero attached hydrogens (tertiary/aromatic N) is 5. The highest BCUT2D eigenvalue weighted by molar-refractivity contribution is 7.47. The first-order chi connectivity index (χ1) is 19.4. The molecule has 8 N–H and O–H groups in total. The number of aliphatic hydroxyl groups is 2. The number of nitrogens with one attached hydrogen (secondary N) is 1. The smallest absolute Gasteiger partial charge is 0.394 e. The molecule has 2 aromatic rings. The molecule has 41 heavy (non-hydrogen) atoms. The molecular weight excluding hydrogens is 567 g/mol. The van der Waals surface area contributed by atoms with E-state index in [9.17, 15) is 29.3 Å². The third kappa shape index (κ3) is 7.41. The third-order valence-electron chi connectivity index (χ3n) is 6.73. The highest BCUT2D eigenvalue weighted by Crippen LogP contribution is 2.48. The number of hydrogen-bond acceptors (Lipinski definition) is 15. The summed E-state index contributed by atoms with van der Waals surface area (Å²) >= 11 is 0. The molecule has 0 saturated carbocycles. The first-order valence-corrected chi connectivity index (χ1v) is 14.2. The number of phosphoric ester groups is 1.